The number of Topliss-reactive ketones (excluding diaryl/α,β-unsaturated/α-hetero) is 1. The lowest BCUT2D eigenvalue weighted by Crippen LogP contribution is -2.58. The van der Waals surface area contributed by atoms with Crippen LogP contribution in [-0.2, 0) is 41.6 Å². The van der Waals surface area contributed by atoms with E-state index in [4.69, 9.17) is 0 Å². The van der Waals surface area contributed by atoms with Crippen molar-refractivity contribution in [3.63, 3.8) is 0 Å². The van der Waals surface area contributed by atoms with E-state index in [-0.39, 0.29) is 36.7 Å². The number of aromatic amines is 1. The number of likely N-dealkylation sites (N-methyl/N-ethyl adjacent to an activating group) is 1. The second-order valence-electron chi connectivity index (χ2n) is 10.8. The van der Waals surface area contributed by atoms with Crippen molar-refractivity contribution in [2.75, 3.05) is 13.6 Å². The van der Waals surface area contributed by atoms with Gasteiger partial charge in [-0.25, -0.2) is 4.98 Å². The number of phenols is 1. The quantitative estimate of drug-likeness (QED) is 0.0998. The van der Waals surface area contributed by atoms with Crippen molar-refractivity contribution < 1.29 is 39.0 Å². The number of imidazole rings is 1. The van der Waals surface area contributed by atoms with Gasteiger partial charge in [-0.05, 0) is 50.4 Å². The van der Waals surface area contributed by atoms with Crippen molar-refractivity contribution in [2.24, 2.45) is 5.92 Å². The Kier molecular flexibility index (Phi) is 14.7. The molecule has 1 aromatic heterocycles. The van der Waals surface area contributed by atoms with Gasteiger partial charge in [-0.3, -0.25) is 28.8 Å². The zero-order chi connectivity index (χ0) is 33.5. The number of aromatic nitrogens is 2. The Morgan fingerprint density at radius 1 is 0.911 bits per heavy atom. The monoisotopic (exact) mass is 629 g/mol. The van der Waals surface area contributed by atoms with E-state index in [1.165, 1.54) is 31.6 Å². The molecule has 45 heavy (non-hydrogen) atoms. The highest BCUT2D eigenvalue weighted by molar-refractivity contribution is 5.95. The van der Waals surface area contributed by atoms with Gasteiger partial charge in [0.25, 0.3) is 0 Å². The van der Waals surface area contributed by atoms with Crippen LogP contribution in [0.15, 0.2) is 36.8 Å². The number of aliphatic carboxylic acids is 1. The van der Waals surface area contributed by atoms with Crippen LogP contribution in [-0.4, -0.2) is 93.3 Å². The summed E-state index contributed by atoms with van der Waals surface area (Å²) in [5.41, 5.74) is 1.23. The summed E-state index contributed by atoms with van der Waals surface area (Å²) in [6.45, 7) is 4.57. The number of nitrogens with one attached hydrogen (secondary N) is 6. The molecule has 0 saturated carbocycles. The summed E-state index contributed by atoms with van der Waals surface area (Å²) in [6.07, 6.45) is 3.01. The van der Waals surface area contributed by atoms with E-state index in [2.05, 4.69) is 36.6 Å². The first-order chi connectivity index (χ1) is 21.3. The highest BCUT2D eigenvalue weighted by Gasteiger charge is 2.31. The summed E-state index contributed by atoms with van der Waals surface area (Å²) < 4.78 is 0. The molecule has 5 unspecified atom stereocenters. The van der Waals surface area contributed by atoms with Crippen LogP contribution in [0, 0.1) is 5.92 Å². The number of carboxylic acid groups (broad SMARTS) is 1. The molecule has 0 fully saturated rings. The Morgan fingerprint density at radius 2 is 1.58 bits per heavy atom. The van der Waals surface area contributed by atoms with E-state index in [0.29, 0.717) is 17.7 Å². The number of carboxylic acids is 1. The number of carbonyl (C=O) groups is 6. The Hall–Kier alpha value is -4.79. The molecule has 15 nitrogen and oxygen atoms in total. The van der Waals surface area contributed by atoms with Gasteiger partial charge in [-0.15, -0.1) is 0 Å². The summed E-state index contributed by atoms with van der Waals surface area (Å²) in [6, 6.07) is 2.15. The fourth-order valence-electron chi connectivity index (χ4n) is 4.51. The maximum atomic E-state index is 13.4. The molecular weight excluding hydrogens is 586 g/mol. The predicted octanol–water partition coefficient (Wildman–Crippen LogP) is -0.441. The fourth-order valence-corrected chi connectivity index (χ4v) is 4.51. The molecule has 5 atom stereocenters. The van der Waals surface area contributed by atoms with E-state index in [0.717, 1.165) is 0 Å². The van der Waals surface area contributed by atoms with Crippen molar-refractivity contribution in [1.29, 1.82) is 0 Å². The van der Waals surface area contributed by atoms with Gasteiger partial charge in [0, 0.05) is 24.7 Å². The van der Waals surface area contributed by atoms with Crippen LogP contribution in [0.5, 0.6) is 5.75 Å². The normalized spacial score (nSPS) is 14.2. The first-order valence-electron chi connectivity index (χ1n) is 14.7. The summed E-state index contributed by atoms with van der Waals surface area (Å²) in [4.78, 5) is 82.5. The minimum Gasteiger partial charge on any atom is -0.508 e. The third kappa shape index (κ3) is 12.4. The van der Waals surface area contributed by atoms with Gasteiger partial charge in [0.2, 0.25) is 23.6 Å². The van der Waals surface area contributed by atoms with Crippen LogP contribution in [0.1, 0.15) is 51.3 Å². The van der Waals surface area contributed by atoms with Crippen molar-refractivity contribution in [1.82, 2.24) is 36.6 Å². The second-order valence-corrected chi connectivity index (χ2v) is 10.8. The number of benzene rings is 1. The molecule has 4 amide bonds. The second kappa shape index (κ2) is 18.1. The molecule has 0 aliphatic heterocycles. The summed E-state index contributed by atoms with van der Waals surface area (Å²) >= 11 is 0. The fraction of sp³-hybridized carbons (Fsp3) is 0.500. The number of hydrogen-bond donors (Lipinski definition) is 8. The molecule has 8 N–H and O–H groups in total. The molecule has 0 aliphatic rings. The standard InChI is InChI=1S/C30H43N7O8/c1-5-17(2)27(31-4)30(45)37-24(13-20-14-32-16-34-20)29(44)36-22(10-11-26(41)42)28(43)33-15-25(40)35-23(18(3)38)12-19-6-8-21(39)9-7-19/h6-9,14,16-17,22-24,27,31,39H,5,10-13,15H2,1-4H3,(H,32,34)(H,33,43)(H,35,40)(H,36,44)(H,37,45)(H,41,42). The van der Waals surface area contributed by atoms with Crippen molar-refractivity contribution in [3.8, 4) is 5.75 Å². The lowest BCUT2D eigenvalue weighted by atomic mass is 9.98. The lowest BCUT2D eigenvalue weighted by Gasteiger charge is -2.26. The molecule has 1 heterocycles. The molecule has 0 spiro atoms. The number of rotatable bonds is 19. The zero-order valence-corrected chi connectivity index (χ0v) is 25.9. The largest absolute Gasteiger partial charge is 0.508 e. The van der Waals surface area contributed by atoms with Gasteiger partial charge < -0.3 is 41.8 Å². The highest BCUT2D eigenvalue weighted by atomic mass is 16.4. The molecule has 2 rings (SSSR count). The smallest absolute Gasteiger partial charge is 0.303 e. The number of aromatic hydroxyl groups is 1. The van der Waals surface area contributed by atoms with Gasteiger partial charge in [0.15, 0.2) is 5.78 Å². The number of H-pyrrole nitrogens is 1. The summed E-state index contributed by atoms with van der Waals surface area (Å²) in [7, 11) is 1.63. The van der Waals surface area contributed by atoms with E-state index >= 15 is 0 Å². The Balaban J connectivity index is 2.12. The van der Waals surface area contributed by atoms with Crippen LogP contribution in [0.2, 0.25) is 0 Å². The predicted molar refractivity (Wildman–Crippen MR) is 163 cm³/mol. The molecule has 2 aromatic rings. The Labute approximate surface area is 261 Å². The maximum absolute atomic E-state index is 13.4. The van der Waals surface area contributed by atoms with Crippen molar-refractivity contribution in [2.45, 2.75) is 77.0 Å². The van der Waals surface area contributed by atoms with Crippen LogP contribution < -0.4 is 26.6 Å². The average Bonchev–Trinajstić information content (AvgIpc) is 3.51. The minimum atomic E-state index is -1.35. The number of hydrogen-bond acceptors (Lipinski definition) is 9. The van der Waals surface area contributed by atoms with E-state index in [1.54, 1.807) is 19.2 Å². The SMILES string of the molecule is CCC(C)C(NC)C(=O)NC(Cc1cnc[nH]1)C(=O)NC(CCC(=O)O)C(=O)NCC(=O)NC(Cc1ccc(O)cc1)C(C)=O. The van der Waals surface area contributed by atoms with Crippen LogP contribution >= 0.6 is 0 Å². The highest BCUT2D eigenvalue weighted by Crippen LogP contribution is 2.12. The Bertz CT molecular complexity index is 1300. The molecule has 0 saturated heterocycles. The van der Waals surface area contributed by atoms with Gasteiger partial charge in [0.1, 0.15) is 17.8 Å². The van der Waals surface area contributed by atoms with Gasteiger partial charge in [-0.2, -0.15) is 0 Å². The van der Waals surface area contributed by atoms with Gasteiger partial charge in [-0.1, -0.05) is 32.4 Å². The number of ketones is 1. The van der Waals surface area contributed by atoms with E-state index < -0.39 is 66.7 Å². The molecule has 246 valence electrons. The van der Waals surface area contributed by atoms with Crippen LogP contribution in [0.4, 0.5) is 0 Å². The minimum absolute atomic E-state index is 0.0116. The third-order valence-electron chi connectivity index (χ3n) is 7.32. The lowest BCUT2D eigenvalue weighted by molar-refractivity contribution is -0.138. The summed E-state index contributed by atoms with van der Waals surface area (Å²) in [5.74, 6) is -4.19. The van der Waals surface area contributed by atoms with E-state index in [9.17, 15) is 39.0 Å². The molecule has 0 aliphatic carbocycles. The Morgan fingerprint density at radius 3 is 2.13 bits per heavy atom. The number of amides is 4. The first-order valence-corrected chi connectivity index (χ1v) is 14.7. The van der Waals surface area contributed by atoms with Crippen LogP contribution in [0.3, 0.4) is 0 Å². The molecule has 15 heteroatoms. The van der Waals surface area contributed by atoms with Gasteiger partial charge >= 0.3 is 5.97 Å². The molecule has 1 aromatic carbocycles. The first kappa shape index (κ1) is 36.4. The summed E-state index contributed by atoms with van der Waals surface area (Å²) in [5, 5.41) is 31.8. The van der Waals surface area contributed by atoms with Gasteiger partial charge in [0.05, 0.1) is 25.0 Å². The van der Waals surface area contributed by atoms with Crippen molar-refractivity contribution in [3.05, 3.63) is 48.0 Å². The molecular formula is C30H43N7O8. The molecule has 0 radical (unpaired) electrons. The number of nitrogens with zero attached hydrogens (tertiary/aromatic N) is 1. The zero-order valence-electron chi connectivity index (χ0n) is 25.9. The van der Waals surface area contributed by atoms with E-state index in [1.807, 2.05) is 13.8 Å². The third-order valence-corrected chi connectivity index (χ3v) is 7.32. The topological polar surface area (TPSA) is 232 Å². The number of phenolic OH excluding ortho intramolecular Hbond substituents is 1. The van der Waals surface area contributed by atoms with Crippen molar-refractivity contribution >= 4 is 35.4 Å². The molecule has 0 bridgehead atoms. The maximum Gasteiger partial charge on any atom is 0.303 e. The average molecular weight is 630 g/mol. The number of carbonyl (C=O) groups excluding carboxylic acids is 5. The van der Waals surface area contributed by atoms with Crippen LogP contribution in [0.25, 0.3) is 0 Å².